The van der Waals surface area contributed by atoms with Crippen molar-refractivity contribution < 1.29 is 12.8 Å². The van der Waals surface area contributed by atoms with Crippen LogP contribution < -0.4 is 15.4 Å². The summed E-state index contributed by atoms with van der Waals surface area (Å²) in [4.78, 5) is 2.07. The summed E-state index contributed by atoms with van der Waals surface area (Å²) in [6.45, 7) is 3.88. The summed E-state index contributed by atoms with van der Waals surface area (Å²) in [5.41, 5.74) is 1.99. The first-order valence-electron chi connectivity index (χ1n) is 7.88. The third-order valence-electron chi connectivity index (χ3n) is 4.26. The molecule has 3 N–H and O–H groups in total. The van der Waals surface area contributed by atoms with Gasteiger partial charge in [-0.3, -0.25) is 0 Å². The Bertz CT molecular complexity index is 905. The van der Waals surface area contributed by atoms with Gasteiger partial charge in [-0.2, -0.15) is 0 Å². The maximum absolute atomic E-state index is 13.7. The second kappa shape index (κ2) is 6.82. The van der Waals surface area contributed by atoms with E-state index in [0.29, 0.717) is 17.3 Å². The first kappa shape index (κ1) is 18.0. The zero-order valence-electron chi connectivity index (χ0n) is 13.7. The lowest BCUT2D eigenvalue weighted by molar-refractivity contribution is 0.598. The molecule has 0 aromatic heterocycles. The molecule has 0 saturated carbocycles. The molecule has 0 aliphatic carbocycles. The highest BCUT2D eigenvalue weighted by Crippen LogP contribution is 2.35. The molecule has 2 aromatic rings. The maximum atomic E-state index is 13.7. The number of hydrogen-bond donors (Lipinski definition) is 2. The van der Waals surface area contributed by atoms with E-state index in [1.807, 2.05) is 0 Å². The van der Waals surface area contributed by atoms with Gasteiger partial charge in [-0.25, -0.2) is 17.9 Å². The van der Waals surface area contributed by atoms with E-state index >= 15 is 0 Å². The number of sulfonamides is 1. The van der Waals surface area contributed by atoms with E-state index in [0.717, 1.165) is 25.2 Å². The largest absolute Gasteiger partial charge is 0.369 e. The highest BCUT2D eigenvalue weighted by atomic mass is 35.5. The fourth-order valence-corrected chi connectivity index (χ4v) is 3.78. The van der Waals surface area contributed by atoms with Gasteiger partial charge in [0.05, 0.1) is 27.0 Å². The second-order valence-electron chi connectivity index (χ2n) is 6.31. The molecule has 0 bridgehead atoms. The smallest absolute Gasteiger partial charge is 0.238 e. The molecule has 8 heteroatoms. The Balaban J connectivity index is 1.93. The van der Waals surface area contributed by atoms with E-state index in [-0.39, 0.29) is 15.7 Å². The summed E-state index contributed by atoms with van der Waals surface area (Å²) in [7, 11) is -3.82. The van der Waals surface area contributed by atoms with Crippen LogP contribution in [0, 0.1) is 11.7 Å². The topological polar surface area (TPSA) is 75.4 Å². The number of anilines is 3. The Kier molecular flexibility index (Phi) is 4.90. The van der Waals surface area contributed by atoms with E-state index in [2.05, 4.69) is 17.1 Å². The Morgan fingerprint density at radius 3 is 2.56 bits per heavy atom. The molecular weight excluding hydrogens is 365 g/mol. The van der Waals surface area contributed by atoms with Crippen molar-refractivity contribution >= 4 is 38.7 Å². The molecule has 25 heavy (non-hydrogen) atoms. The number of nitrogens with one attached hydrogen (secondary N) is 1. The summed E-state index contributed by atoms with van der Waals surface area (Å²) < 4.78 is 36.5. The number of nitrogens with two attached hydrogens (primary N) is 1. The highest BCUT2D eigenvalue weighted by Gasteiger charge is 2.22. The minimum Gasteiger partial charge on any atom is -0.369 e. The molecule has 2 aromatic carbocycles. The van der Waals surface area contributed by atoms with Crippen molar-refractivity contribution in [1.82, 2.24) is 0 Å². The van der Waals surface area contributed by atoms with Gasteiger partial charge < -0.3 is 10.2 Å². The number of rotatable bonds is 4. The molecule has 0 unspecified atom stereocenters. The Morgan fingerprint density at radius 1 is 1.24 bits per heavy atom. The fraction of sp³-hybridized carbons (Fsp3) is 0.294. The van der Waals surface area contributed by atoms with Crippen LogP contribution in [0.2, 0.25) is 5.02 Å². The Morgan fingerprint density at radius 2 is 1.96 bits per heavy atom. The average molecular weight is 384 g/mol. The molecule has 0 spiro atoms. The normalized spacial score (nSPS) is 17.8. The number of primary sulfonamides is 1. The van der Waals surface area contributed by atoms with E-state index in [4.69, 9.17) is 16.7 Å². The average Bonchev–Trinajstić information content (AvgIpc) is 2.96. The van der Waals surface area contributed by atoms with E-state index in [1.165, 1.54) is 24.3 Å². The lowest BCUT2D eigenvalue weighted by Crippen LogP contribution is -2.20. The molecule has 5 nitrogen and oxygen atoms in total. The van der Waals surface area contributed by atoms with Crippen LogP contribution in [0.25, 0.3) is 0 Å². The lowest BCUT2D eigenvalue weighted by atomic mass is 10.2. The molecular formula is C17H19ClFN3O2S. The van der Waals surface area contributed by atoms with Crippen LogP contribution in [0.15, 0.2) is 41.3 Å². The Labute approximate surface area is 151 Å². The standard InChI is InChI=1S/C17H19ClFN3O2S/c1-11-6-7-22(10-11)17-8-12(19)2-4-16(17)21-15-5-3-13(9-14(15)18)25(20,23)24/h2-5,8-9,11,21H,6-7,10H2,1H3,(H2,20,23,24)/t11-/m1/s1. The minimum atomic E-state index is -3.82. The number of halogens is 2. The van der Waals surface area contributed by atoms with Crippen molar-refractivity contribution in [2.75, 3.05) is 23.3 Å². The van der Waals surface area contributed by atoms with Crippen molar-refractivity contribution in [3.05, 3.63) is 47.2 Å². The van der Waals surface area contributed by atoms with Gasteiger partial charge in [0, 0.05) is 13.1 Å². The molecule has 0 radical (unpaired) electrons. The van der Waals surface area contributed by atoms with Gasteiger partial charge in [-0.05, 0) is 48.7 Å². The van der Waals surface area contributed by atoms with Crippen molar-refractivity contribution in [2.24, 2.45) is 11.1 Å². The van der Waals surface area contributed by atoms with Crippen molar-refractivity contribution in [1.29, 1.82) is 0 Å². The van der Waals surface area contributed by atoms with E-state index < -0.39 is 10.0 Å². The number of benzene rings is 2. The Hall–Kier alpha value is -1.83. The molecule has 0 amide bonds. The molecule has 1 aliphatic heterocycles. The maximum Gasteiger partial charge on any atom is 0.238 e. The molecule has 1 fully saturated rings. The molecule has 1 aliphatic rings. The lowest BCUT2D eigenvalue weighted by Gasteiger charge is -2.23. The zero-order valence-corrected chi connectivity index (χ0v) is 15.2. The first-order valence-corrected chi connectivity index (χ1v) is 9.80. The molecule has 1 heterocycles. The van der Waals surface area contributed by atoms with Crippen LogP contribution in [0.3, 0.4) is 0 Å². The van der Waals surface area contributed by atoms with Gasteiger partial charge in [0.25, 0.3) is 0 Å². The molecule has 1 atom stereocenters. The summed E-state index contributed by atoms with van der Waals surface area (Å²) in [5, 5.41) is 8.49. The van der Waals surface area contributed by atoms with Gasteiger partial charge >= 0.3 is 0 Å². The number of nitrogens with zero attached hydrogens (tertiary/aromatic N) is 1. The van der Waals surface area contributed by atoms with Gasteiger partial charge in [0.15, 0.2) is 0 Å². The summed E-state index contributed by atoms with van der Waals surface area (Å²) >= 11 is 6.18. The van der Waals surface area contributed by atoms with E-state index in [1.54, 1.807) is 12.1 Å². The van der Waals surface area contributed by atoms with Crippen LogP contribution in [0.5, 0.6) is 0 Å². The van der Waals surface area contributed by atoms with Crippen molar-refractivity contribution in [3.8, 4) is 0 Å². The van der Waals surface area contributed by atoms with Crippen LogP contribution in [0.4, 0.5) is 21.5 Å². The van der Waals surface area contributed by atoms with Crippen LogP contribution >= 0.6 is 11.6 Å². The predicted octanol–water partition coefficient (Wildman–Crippen LogP) is 3.72. The third-order valence-corrected chi connectivity index (χ3v) is 5.49. The second-order valence-corrected chi connectivity index (χ2v) is 8.28. The number of hydrogen-bond acceptors (Lipinski definition) is 4. The summed E-state index contributed by atoms with van der Waals surface area (Å²) in [5.74, 6) is 0.240. The fourth-order valence-electron chi connectivity index (χ4n) is 2.95. The van der Waals surface area contributed by atoms with Crippen molar-refractivity contribution in [2.45, 2.75) is 18.2 Å². The molecule has 1 saturated heterocycles. The highest BCUT2D eigenvalue weighted by molar-refractivity contribution is 7.89. The molecule has 3 rings (SSSR count). The summed E-state index contributed by atoms with van der Waals surface area (Å²) in [6, 6.07) is 8.73. The van der Waals surface area contributed by atoms with Gasteiger partial charge in [-0.1, -0.05) is 18.5 Å². The zero-order chi connectivity index (χ0) is 18.2. The van der Waals surface area contributed by atoms with E-state index in [9.17, 15) is 12.8 Å². The van der Waals surface area contributed by atoms with Crippen LogP contribution in [0.1, 0.15) is 13.3 Å². The SMILES string of the molecule is C[C@@H]1CCN(c2cc(F)ccc2Nc2ccc(S(N)(=O)=O)cc2Cl)C1. The van der Waals surface area contributed by atoms with Crippen molar-refractivity contribution in [3.63, 3.8) is 0 Å². The summed E-state index contributed by atoms with van der Waals surface area (Å²) in [6.07, 6.45) is 1.06. The molecule has 134 valence electrons. The van der Waals surface area contributed by atoms with Gasteiger partial charge in [-0.15, -0.1) is 0 Å². The quantitative estimate of drug-likeness (QED) is 0.843. The van der Waals surface area contributed by atoms with Gasteiger partial charge in [0.1, 0.15) is 5.82 Å². The van der Waals surface area contributed by atoms with Gasteiger partial charge in [0.2, 0.25) is 10.0 Å². The van der Waals surface area contributed by atoms with Crippen LogP contribution in [-0.2, 0) is 10.0 Å². The third kappa shape index (κ3) is 4.05. The monoisotopic (exact) mass is 383 g/mol. The minimum absolute atomic E-state index is 0.0595. The predicted molar refractivity (Wildman–Crippen MR) is 98.5 cm³/mol. The van der Waals surface area contributed by atoms with Crippen LogP contribution in [-0.4, -0.2) is 21.5 Å². The first-order chi connectivity index (χ1) is 11.7.